The summed E-state index contributed by atoms with van der Waals surface area (Å²) in [7, 11) is 0. The standard InChI is InChI=1S/C42H42O5/c1-32-22-24-33(25-23-32)26-38-40(44-28-35-16-8-3-9-17-35)42(46-30-37-20-12-5-13-21-37)41(45-29-36-18-10-4-11-19-36)39(47-38)31-43-27-34-14-6-2-7-15-34/h2-26,39-42H,27-31H2,1H3/b38-26-/t39-,40-,41-,42-/m1/s1. The van der Waals surface area contributed by atoms with Crippen LogP contribution >= 0.6 is 0 Å². The van der Waals surface area contributed by atoms with E-state index in [9.17, 15) is 0 Å². The van der Waals surface area contributed by atoms with Gasteiger partial charge in [0.05, 0.1) is 33.0 Å². The van der Waals surface area contributed by atoms with Crippen LogP contribution in [-0.2, 0) is 50.1 Å². The normalized spacial score (nSPS) is 20.1. The summed E-state index contributed by atoms with van der Waals surface area (Å²) in [5.41, 5.74) is 6.53. The van der Waals surface area contributed by atoms with Crippen molar-refractivity contribution in [1.82, 2.24) is 0 Å². The van der Waals surface area contributed by atoms with E-state index in [0.29, 0.717) is 38.8 Å². The van der Waals surface area contributed by atoms with Gasteiger partial charge in [0.1, 0.15) is 24.1 Å². The molecule has 0 unspecified atom stereocenters. The molecule has 5 heteroatoms. The van der Waals surface area contributed by atoms with E-state index in [1.807, 2.05) is 72.8 Å². The van der Waals surface area contributed by atoms with Crippen molar-refractivity contribution in [2.75, 3.05) is 6.61 Å². The van der Waals surface area contributed by atoms with E-state index in [0.717, 1.165) is 27.8 Å². The van der Waals surface area contributed by atoms with Crippen molar-refractivity contribution in [3.63, 3.8) is 0 Å². The van der Waals surface area contributed by atoms with Gasteiger partial charge >= 0.3 is 0 Å². The summed E-state index contributed by atoms with van der Waals surface area (Å²) in [6, 6.07) is 49.1. The lowest BCUT2D eigenvalue weighted by Gasteiger charge is -2.43. The van der Waals surface area contributed by atoms with Gasteiger partial charge in [-0.3, -0.25) is 0 Å². The monoisotopic (exact) mass is 626 g/mol. The van der Waals surface area contributed by atoms with Crippen molar-refractivity contribution < 1.29 is 23.7 Å². The van der Waals surface area contributed by atoms with Crippen LogP contribution < -0.4 is 0 Å². The van der Waals surface area contributed by atoms with Gasteiger partial charge in [0.25, 0.3) is 0 Å². The number of hydrogen-bond donors (Lipinski definition) is 0. The van der Waals surface area contributed by atoms with Gasteiger partial charge in [-0.25, -0.2) is 0 Å². The smallest absolute Gasteiger partial charge is 0.150 e. The van der Waals surface area contributed by atoms with Crippen LogP contribution in [0.4, 0.5) is 0 Å². The summed E-state index contributed by atoms with van der Waals surface area (Å²) in [6.45, 7) is 4.06. The molecule has 240 valence electrons. The lowest BCUT2D eigenvalue weighted by atomic mass is 9.95. The zero-order valence-corrected chi connectivity index (χ0v) is 26.8. The zero-order chi connectivity index (χ0) is 32.1. The second-order valence-corrected chi connectivity index (χ2v) is 11.9. The van der Waals surface area contributed by atoms with Gasteiger partial charge in [0.15, 0.2) is 6.10 Å². The minimum absolute atomic E-state index is 0.316. The molecular formula is C42H42O5. The van der Waals surface area contributed by atoms with Crippen LogP contribution in [0.15, 0.2) is 151 Å². The molecule has 1 heterocycles. The van der Waals surface area contributed by atoms with E-state index in [-0.39, 0.29) is 0 Å². The quantitative estimate of drug-likeness (QED) is 0.123. The minimum Gasteiger partial charge on any atom is -0.487 e. The number of ether oxygens (including phenoxy) is 5. The van der Waals surface area contributed by atoms with E-state index in [1.54, 1.807) is 0 Å². The molecule has 5 aromatic carbocycles. The van der Waals surface area contributed by atoms with Crippen molar-refractivity contribution in [3.8, 4) is 0 Å². The first-order valence-electron chi connectivity index (χ1n) is 16.2. The Morgan fingerprint density at radius 1 is 0.511 bits per heavy atom. The molecule has 47 heavy (non-hydrogen) atoms. The first-order chi connectivity index (χ1) is 23.2. The molecule has 0 radical (unpaired) electrons. The van der Waals surface area contributed by atoms with E-state index in [4.69, 9.17) is 23.7 Å². The lowest BCUT2D eigenvalue weighted by Crippen LogP contribution is -2.56. The average molecular weight is 627 g/mol. The predicted molar refractivity (Wildman–Crippen MR) is 185 cm³/mol. The van der Waals surface area contributed by atoms with Gasteiger partial charge in [-0.2, -0.15) is 0 Å². The van der Waals surface area contributed by atoms with Crippen LogP contribution in [-0.4, -0.2) is 31.0 Å². The molecule has 1 fully saturated rings. The van der Waals surface area contributed by atoms with Gasteiger partial charge in [0.2, 0.25) is 0 Å². The Balaban J connectivity index is 1.34. The molecule has 0 amide bonds. The summed E-state index contributed by atoms with van der Waals surface area (Å²) in [4.78, 5) is 0. The SMILES string of the molecule is Cc1ccc(/C=C2\O[C@H](COCc3ccccc3)[C@@H](OCc3ccccc3)[C@H](OCc3ccccc3)[C@@H]2OCc2ccccc2)cc1. The predicted octanol–water partition coefficient (Wildman–Crippen LogP) is 8.71. The van der Waals surface area contributed by atoms with E-state index >= 15 is 0 Å². The van der Waals surface area contributed by atoms with Gasteiger partial charge < -0.3 is 23.7 Å². The van der Waals surface area contributed by atoms with Gasteiger partial charge in [0, 0.05) is 0 Å². The average Bonchev–Trinajstić information content (AvgIpc) is 3.12. The number of rotatable bonds is 14. The van der Waals surface area contributed by atoms with E-state index < -0.39 is 24.4 Å². The highest BCUT2D eigenvalue weighted by atomic mass is 16.6. The maximum absolute atomic E-state index is 6.85. The third-order valence-corrected chi connectivity index (χ3v) is 8.18. The Bertz CT molecular complexity index is 1640. The highest BCUT2D eigenvalue weighted by Gasteiger charge is 2.46. The van der Waals surface area contributed by atoms with Gasteiger partial charge in [-0.1, -0.05) is 151 Å². The highest BCUT2D eigenvalue weighted by molar-refractivity contribution is 5.53. The van der Waals surface area contributed by atoms with Crippen LogP contribution in [0.1, 0.15) is 33.4 Å². The molecule has 1 saturated heterocycles. The molecule has 0 saturated carbocycles. The van der Waals surface area contributed by atoms with Crippen molar-refractivity contribution >= 4 is 6.08 Å². The summed E-state index contributed by atoms with van der Waals surface area (Å²) in [5.74, 6) is 0.690. The van der Waals surface area contributed by atoms with Crippen LogP contribution in [0, 0.1) is 6.92 Å². The summed E-state index contributed by atoms with van der Waals surface area (Å²) >= 11 is 0. The van der Waals surface area contributed by atoms with Crippen molar-refractivity contribution in [2.24, 2.45) is 0 Å². The third-order valence-electron chi connectivity index (χ3n) is 8.18. The summed E-state index contributed by atoms with van der Waals surface area (Å²) in [6.07, 6.45) is 0.109. The molecule has 0 bridgehead atoms. The van der Waals surface area contributed by atoms with Crippen molar-refractivity contribution in [1.29, 1.82) is 0 Å². The maximum atomic E-state index is 6.85. The molecule has 1 aliphatic heterocycles. The maximum Gasteiger partial charge on any atom is 0.150 e. The lowest BCUT2D eigenvalue weighted by molar-refractivity contribution is -0.222. The van der Waals surface area contributed by atoms with Crippen LogP contribution in [0.2, 0.25) is 0 Å². The first-order valence-corrected chi connectivity index (χ1v) is 16.2. The van der Waals surface area contributed by atoms with Gasteiger partial charge in [-0.05, 0) is 40.8 Å². The fourth-order valence-corrected chi connectivity index (χ4v) is 5.65. The Labute approximate surface area is 278 Å². The fourth-order valence-electron chi connectivity index (χ4n) is 5.65. The first kappa shape index (κ1) is 32.4. The number of aryl methyl sites for hydroxylation is 1. The largest absolute Gasteiger partial charge is 0.487 e. The fraction of sp³-hybridized carbons (Fsp3) is 0.238. The third kappa shape index (κ3) is 9.50. The topological polar surface area (TPSA) is 46.2 Å². The Morgan fingerprint density at radius 2 is 0.957 bits per heavy atom. The molecule has 6 rings (SSSR count). The Morgan fingerprint density at radius 3 is 1.47 bits per heavy atom. The van der Waals surface area contributed by atoms with E-state index in [2.05, 4.69) is 85.8 Å². The van der Waals surface area contributed by atoms with Crippen LogP contribution in [0.5, 0.6) is 0 Å². The van der Waals surface area contributed by atoms with Crippen LogP contribution in [0.3, 0.4) is 0 Å². The molecule has 0 aliphatic carbocycles. The Hall–Kier alpha value is -4.52. The molecule has 0 aromatic heterocycles. The zero-order valence-electron chi connectivity index (χ0n) is 26.8. The van der Waals surface area contributed by atoms with Crippen molar-refractivity contribution in [2.45, 2.75) is 57.8 Å². The van der Waals surface area contributed by atoms with Crippen LogP contribution in [0.25, 0.3) is 6.08 Å². The van der Waals surface area contributed by atoms with E-state index in [1.165, 1.54) is 5.56 Å². The molecule has 4 atom stereocenters. The minimum atomic E-state index is -0.536. The molecule has 0 spiro atoms. The second kappa shape index (κ2) is 16.9. The van der Waals surface area contributed by atoms with Crippen molar-refractivity contribution in [3.05, 3.63) is 185 Å². The summed E-state index contributed by atoms with van der Waals surface area (Å²) < 4.78 is 33.5. The molecular weight excluding hydrogens is 584 g/mol. The number of hydrogen-bond acceptors (Lipinski definition) is 5. The van der Waals surface area contributed by atoms with Gasteiger partial charge in [-0.15, -0.1) is 0 Å². The second-order valence-electron chi connectivity index (χ2n) is 11.9. The number of benzene rings is 5. The molecule has 5 nitrogen and oxygen atoms in total. The summed E-state index contributed by atoms with van der Waals surface area (Å²) in [5, 5.41) is 0. The molecule has 1 aliphatic rings. The molecule has 0 N–H and O–H groups in total. The Kier molecular flexibility index (Phi) is 11.6. The highest BCUT2D eigenvalue weighted by Crippen LogP contribution is 2.34. The molecule has 5 aromatic rings.